The number of anilines is 1. The van der Waals surface area contributed by atoms with Gasteiger partial charge in [-0.3, -0.25) is 5.01 Å². The number of hydrogen-bond donors (Lipinski definition) is 2. The van der Waals surface area contributed by atoms with Crippen LogP contribution in [0, 0.1) is 0 Å². The Balaban J connectivity index is 0.00000190. The normalized spacial score (nSPS) is 16.9. The molecule has 1 aliphatic rings. The molecule has 0 bridgehead atoms. The van der Waals surface area contributed by atoms with Crippen molar-refractivity contribution in [1.82, 2.24) is 0 Å². The highest BCUT2D eigenvalue weighted by Gasteiger charge is 2.24. The van der Waals surface area contributed by atoms with Crippen molar-refractivity contribution in [2.75, 3.05) is 5.01 Å². The molecule has 0 spiro atoms. The molecule has 3 nitrogen and oxygen atoms in total. The van der Waals surface area contributed by atoms with Gasteiger partial charge in [-0.1, -0.05) is 68.0 Å². The highest BCUT2D eigenvalue weighted by molar-refractivity contribution is 5.56. The van der Waals surface area contributed by atoms with E-state index in [0.29, 0.717) is 6.42 Å². The molecule has 3 heteroatoms. The van der Waals surface area contributed by atoms with Gasteiger partial charge in [0.1, 0.15) is 0 Å². The van der Waals surface area contributed by atoms with Gasteiger partial charge in [-0.05, 0) is 63.5 Å². The molecule has 0 amide bonds. The lowest BCUT2D eigenvalue weighted by molar-refractivity contribution is 0.0986. The molecule has 1 aromatic carbocycles. The van der Waals surface area contributed by atoms with E-state index in [1.165, 1.54) is 5.57 Å². The Labute approximate surface area is 171 Å². The van der Waals surface area contributed by atoms with E-state index in [0.717, 1.165) is 29.0 Å². The Morgan fingerprint density at radius 2 is 1.89 bits per heavy atom. The molecule has 0 saturated carbocycles. The van der Waals surface area contributed by atoms with Gasteiger partial charge in [0.2, 0.25) is 0 Å². The van der Waals surface area contributed by atoms with Gasteiger partial charge in [0.15, 0.2) is 0 Å². The third kappa shape index (κ3) is 6.66. The number of hydrogen-bond acceptors (Lipinski definition) is 3. The highest BCUT2D eigenvalue weighted by Crippen LogP contribution is 2.30. The maximum absolute atomic E-state index is 10.9. The number of benzene rings is 1. The van der Waals surface area contributed by atoms with Crippen LogP contribution in [0.2, 0.25) is 0 Å². The van der Waals surface area contributed by atoms with Crippen molar-refractivity contribution < 1.29 is 5.11 Å². The van der Waals surface area contributed by atoms with Crippen molar-refractivity contribution in [3.05, 3.63) is 89.2 Å². The molecule has 152 valence electrons. The van der Waals surface area contributed by atoms with Gasteiger partial charge < -0.3 is 5.11 Å². The molecule has 3 N–H and O–H groups in total. The third-order valence-electron chi connectivity index (χ3n) is 4.73. The van der Waals surface area contributed by atoms with Crippen molar-refractivity contribution in [2.24, 2.45) is 5.84 Å². The minimum absolute atomic E-state index is 0.595. The largest absolute Gasteiger partial charge is 0.385 e. The van der Waals surface area contributed by atoms with Crippen LogP contribution in [0.15, 0.2) is 89.2 Å². The summed E-state index contributed by atoms with van der Waals surface area (Å²) in [5.41, 5.74) is 4.27. The summed E-state index contributed by atoms with van der Waals surface area (Å²) < 4.78 is 0. The zero-order chi connectivity index (χ0) is 21.2. The fourth-order valence-corrected chi connectivity index (χ4v) is 3.02. The van der Waals surface area contributed by atoms with Crippen molar-refractivity contribution >= 4 is 5.69 Å². The standard InChI is InChI=1S/C23H30N2O.C2H6/c1-5-6-11-19(3)23(4,26)17-20-12-10-15-22(18(2)16-20)25(24)21-13-8-7-9-14-21;1-2/h5-11,13-16,26H,12,17,24H2,1-4H3;1-2H3/b6-5-,19-11+;. The fourth-order valence-electron chi connectivity index (χ4n) is 3.02. The number of hydrazine groups is 1. The van der Waals surface area contributed by atoms with E-state index < -0.39 is 5.60 Å². The Hall–Kier alpha value is -2.36. The molecule has 1 unspecified atom stereocenters. The summed E-state index contributed by atoms with van der Waals surface area (Å²) in [7, 11) is 0. The van der Waals surface area contributed by atoms with Gasteiger partial charge in [0.05, 0.1) is 17.0 Å². The highest BCUT2D eigenvalue weighted by atomic mass is 16.3. The number of para-hydroxylation sites is 1. The molecular weight excluding hydrogens is 344 g/mol. The van der Waals surface area contributed by atoms with Crippen LogP contribution in [0.1, 0.15) is 54.4 Å². The summed E-state index contributed by atoms with van der Waals surface area (Å²) in [6.07, 6.45) is 13.6. The molecule has 28 heavy (non-hydrogen) atoms. The predicted octanol–water partition coefficient (Wildman–Crippen LogP) is 6.22. The van der Waals surface area contributed by atoms with Gasteiger partial charge in [0.25, 0.3) is 0 Å². The average Bonchev–Trinajstić information content (AvgIpc) is 2.88. The maximum atomic E-state index is 10.9. The van der Waals surface area contributed by atoms with Crippen LogP contribution in [0.5, 0.6) is 0 Å². The second kappa shape index (κ2) is 11.5. The number of allylic oxidation sites excluding steroid dienone is 7. The second-order valence-electron chi connectivity index (χ2n) is 7.01. The number of rotatable bonds is 6. The maximum Gasteiger partial charge on any atom is 0.0866 e. The summed E-state index contributed by atoms with van der Waals surface area (Å²) >= 11 is 0. The number of aliphatic hydroxyl groups is 1. The quantitative estimate of drug-likeness (QED) is 0.350. The monoisotopic (exact) mass is 380 g/mol. The van der Waals surface area contributed by atoms with E-state index in [4.69, 9.17) is 5.84 Å². The van der Waals surface area contributed by atoms with Crippen LogP contribution in [0.3, 0.4) is 0 Å². The van der Waals surface area contributed by atoms with Gasteiger partial charge in [0, 0.05) is 6.42 Å². The summed E-state index contributed by atoms with van der Waals surface area (Å²) in [4.78, 5) is 0. The van der Waals surface area contributed by atoms with E-state index in [9.17, 15) is 5.11 Å². The van der Waals surface area contributed by atoms with Crippen LogP contribution in [-0.4, -0.2) is 10.7 Å². The molecule has 1 aliphatic carbocycles. The molecule has 0 fully saturated rings. The zero-order valence-electron chi connectivity index (χ0n) is 18.2. The lowest BCUT2D eigenvalue weighted by atomic mass is 9.87. The molecule has 1 atom stereocenters. The van der Waals surface area contributed by atoms with Crippen LogP contribution in [-0.2, 0) is 0 Å². The molecule has 0 radical (unpaired) electrons. The van der Waals surface area contributed by atoms with E-state index in [-0.39, 0.29) is 0 Å². The first-order chi connectivity index (χ1) is 13.3. The van der Waals surface area contributed by atoms with Crippen molar-refractivity contribution in [1.29, 1.82) is 0 Å². The lowest BCUT2D eigenvalue weighted by Crippen LogP contribution is -2.29. The SMILES string of the molecule is C/C=C\C=C(/C)C(C)(O)CC1=CC(C)=C(N(N)c2ccccc2)C=CC1.CC. The summed E-state index contributed by atoms with van der Waals surface area (Å²) in [5.74, 6) is 6.33. The Kier molecular flexibility index (Phi) is 9.70. The Bertz CT molecular complexity index is 765. The van der Waals surface area contributed by atoms with Gasteiger partial charge >= 0.3 is 0 Å². The summed E-state index contributed by atoms with van der Waals surface area (Å²) in [5, 5.41) is 12.6. The average molecular weight is 381 g/mol. The van der Waals surface area contributed by atoms with Crippen LogP contribution in [0.4, 0.5) is 5.69 Å². The van der Waals surface area contributed by atoms with Crippen molar-refractivity contribution in [3.63, 3.8) is 0 Å². The van der Waals surface area contributed by atoms with E-state index in [2.05, 4.69) is 25.2 Å². The molecule has 0 heterocycles. The van der Waals surface area contributed by atoms with Crippen LogP contribution < -0.4 is 10.9 Å². The summed E-state index contributed by atoms with van der Waals surface area (Å²) in [6.45, 7) is 11.9. The Morgan fingerprint density at radius 1 is 1.25 bits per heavy atom. The lowest BCUT2D eigenvalue weighted by Gasteiger charge is -2.25. The number of nitrogens with two attached hydrogens (primary N) is 1. The second-order valence-corrected chi connectivity index (χ2v) is 7.01. The van der Waals surface area contributed by atoms with Gasteiger partial charge in [-0.15, -0.1) is 0 Å². The third-order valence-corrected chi connectivity index (χ3v) is 4.73. The topological polar surface area (TPSA) is 49.5 Å². The molecule has 0 aliphatic heterocycles. The van der Waals surface area contributed by atoms with E-state index in [1.807, 2.05) is 83.2 Å². The number of nitrogens with zero attached hydrogens (tertiary/aromatic N) is 1. The minimum atomic E-state index is -0.869. The molecule has 1 aromatic rings. The first-order valence-electron chi connectivity index (χ1n) is 10.0. The van der Waals surface area contributed by atoms with Crippen molar-refractivity contribution in [2.45, 2.75) is 60.0 Å². The van der Waals surface area contributed by atoms with E-state index in [1.54, 1.807) is 5.01 Å². The van der Waals surface area contributed by atoms with Gasteiger partial charge in [-0.2, -0.15) is 0 Å². The fraction of sp³-hybridized carbons (Fsp3) is 0.360. The van der Waals surface area contributed by atoms with Crippen molar-refractivity contribution in [3.8, 4) is 0 Å². The zero-order valence-corrected chi connectivity index (χ0v) is 18.2. The molecule has 0 aromatic heterocycles. The summed E-state index contributed by atoms with van der Waals surface area (Å²) in [6, 6.07) is 9.91. The smallest absolute Gasteiger partial charge is 0.0866 e. The Morgan fingerprint density at radius 3 is 2.50 bits per heavy atom. The van der Waals surface area contributed by atoms with E-state index >= 15 is 0 Å². The van der Waals surface area contributed by atoms with Gasteiger partial charge in [-0.25, -0.2) is 5.84 Å². The van der Waals surface area contributed by atoms with Crippen LogP contribution in [0.25, 0.3) is 0 Å². The first-order valence-corrected chi connectivity index (χ1v) is 10.0. The molecule has 0 saturated heterocycles. The first kappa shape index (κ1) is 23.7. The predicted molar refractivity (Wildman–Crippen MR) is 123 cm³/mol. The molecular formula is C25H36N2O. The van der Waals surface area contributed by atoms with Crippen LogP contribution >= 0.6 is 0 Å². The molecule has 2 rings (SSSR count). The minimum Gasteiger partial charge on any atom is -0.385 e.